The number of halogens is 2. The molecule has 0 spiro atoms. The van der Waals surface area contributed by atoms with Crippen molar-refractivity contribution in [2.75, 3.05) is 5.88 Å². The summed E-state index contributed by atoms with van der Waals surface area (Å²) in [6, 6.07) is 6.46. The van der Waals surface area contributed by atoms with E-state index in [4.69, 9.17) is 11.6 Å². The molecule has 66 valence electrons. The van der Waals surface area contributed by atoms with Crippen molar-refractivity contribution in [3.05, 3.63) is 33.8 Å². The maximum Gasteiger partial charge on any atom is 0.0226 e. The van der Waals surface area contributed by atoms with Crippen LogP contribution in [0.4, 0.5) is 0 Å². The standard InChI is InChI=1S/C10H12BrCl/c1-8-4-5-9(3-2-6-12)7-10(8)11/h4-5,7H,2-3,6H2,1H3. The molecule has 12 heavy (non-hydrogen) atoms. The molecule has 0 aliphatic heterocycles. The largest absolute Gasteiger partial charge is 0.127 e. The van der Waals surface area contributed by atoms with E-state index in [1.165, 1.54) is 15.6 Å². The highest BCUT2D eigenvalue weighted by atomic mass is 79.9. The van der Waals surface area contributed by atoms with Gasteiger partial charge in [0.25, 0.3) is 0 Å². The van der Waals surface area contributed by atoms with Gasteiger partial charge < -0.3 is 0 Å². The lowest BCUT2D eigenvalue weighted by atomic mass is 10.1. The molecule has 0 heterocycles. The van der Waals surface area contributed by atoms with Crippen LogP contribution in [0.2, 0.25) is 0 Å². The fraction of sp³-hybridized carbons (Fsp3) is 0.400. The number of benzene rings is 1. The molecule has 1 rings (SSSR count). The summed E-state index contributed by atoms with van der Waals surface area (Å²) in [5.74, 6) is 0.742. The third kappa shape index (κ3) is 2.80. The molecule has 0 saturated carbocycles. The Morgan fingerprint density at radius 3 is 2.75 bits per heavy atom. The SMILES string of the molecule is Cc1ccc(CCCCl)cc1Br. The Morgan fingerprint density at radius 1 is 1.42 bits per heavy atom. The molecule has 1 aromatic rings. The van der Waals surface area contributed by atoms with Crippen LogP contribution in [0.5, 0.6) is 0 Å². The molecule has 0 amide bonds. The maximum atomic E-state index is 5.61. The van der Waals surface area contributed by atoms with Crippen molar-refractivity contribution in [3.8, 4) is 0 Å². The lowest BCUT2D eigenvalue weighted by Crippen LogP contribution is -1.87. The van der Waals surface area contributed by atoms with Gasteiger partial charge in [-0.3, -0.25) is 0 Å². The van der Waals surface area contributed by atoms with Crippen LogP contribution in [0.25, 0.3) is 0 Å². The van der Waals surface area contributed by atoms with Crippen LogP contribution in [-0.2, 0) is 6.42 Å². The average molecular weight is 248 g/mol. The van der Waals surface area contributed by atoms with Gasteiger partial charge in [-0.05, 0) is 37.0 Å². The molecular weight excluding hydrogens is 235 g/mol. The van der Waals surface area contributed by atoms with Crippen LogP contribution in [0.15, 0.2) is 22.7 Å². The van der Waals surface area contributed by atoms with E-state index in [-0.39, 0.29) is 0 Å². The highest BCUT2D eigenvalue weighted by Gasteiger charge is 1.96. The predicted octanol–water partition coefficient (Wildman–Crippen LogP) is 3.93. The zero-order valence-electron chi connectivity index (χ0n) is 7.11. The van der Waals surface area contributed by atoms with Crippen LogP contribution in [0, 0.1) is 6.92 Å². The van der Waals surface area contributed by atoms with Crippen molar-refractivity contribution < 1.29 is 0 Å². The Hall–Kier alpha value is -0.0100. The summed E-state index contributed by atoms with van der Waals surface area (Å²) >= 11 is 9.12. The number of hydrogen-bond donors (Lipinski definition) is 0. The lowest BCUT2D eigenvalue weighted by molar-refractivity contribution is 0.927. The summed E-state index contributed by atoms with van der Waals surface area (Å²) in [4.78, 5) is 0. The van der Waals surface area contributed by atoms with Crippen molar-refractivity contribution in [2.24, 2.45) is 0 Å². The Kier molecular flexibility index (Phi) is 4.10. The summed E-state index contributed by atoms with van der Waals surface area (Å²) in [5.41, 5.74) is 2.64. The zero-order chi connectivity index (χ0) is 8.97. The van der Waals surface area contributed by atoms with Gasteiger partial charge in [0.2, 0.25) is 0 Å². The van der Waals surface area contributed by atoms with Crippen LogP contribution in [0.3, 0.4) is 0 Å². The van der Waals surface area contributed by atoms with Gasteiger partial charge in [0.05, 0.1) is 0 Å². The molecule has 2 heteroatoms. The van der Waals surface area contributed by atoms with E-state index in [1.807, 2.05) is 0 Å². The highest BCUT2D eigenvalue weighted by molar-refractivity contribution is 9.10. The first-order chi connectivity index (χ1) is 5.74. The van der Waals surface area contributed by atoms with E-state index in [0.29, 0.717) is 0 Å². The normalized spacial score (nSPS) is 10.2. The fourth-order valence-corrected chi connectivity index (χ4v) is 1.62. The van der Waals surface area contributed by atoms with Crippen molar-refractivity contribution in [1.29, 1.82) is 0 Å². The Morgan fingerprint density at radius 2 is 2.17 bits per heavy atom. The van der Waals surface area contributed by atoms with Crippen molar-refractivity contribution in [2.45, 2.75) is 19.8 Å². The molecule has 0 aliphatic carbocycles. The Labute approximate surface area is 87.1 Å². The molecular formula is C10H12BrCl. The van der Waals surface area contributed by atoms with E-state index in [0.717, 1.165) is 18.7 Å². The molecule has 0 saturated heterocycles. The van der Waals surface area contributed by atoms with Crippen molar-refractivity contribution in [1.82, 2.24) is 0 Å². The molecule has 0 atom stereocenters. The van der Waals surface area contributed by atoms with Crippen LogP contribution >= 0.6 is 27.5 Å². The van der Waals surface area contributed by atoms with Gasteiger partial charge in [0, 0.05) is 10.4 Å². The van der Waals surface area contributed by atoms with Gasteiger partial charge in [-0.15, -0.1) is 11.6 Å². The lowest BCUT2D eigenvalue weighted by Gasteiger charge is -2.02. The predicted molar refractivity (Wildman–Crippen MR) is 57.9 cm³/mol. The summed E-state index contributed by atoms with van der Waals surface area (Å²) < 4.78 is 1.19. The Bertz CT molecular complexity index is 258. The van der Waals surface area contributed by atoms with Crippen LogP contribution < -0.4 is 0 Å². The van der Waals surface area contributed by atoms with Crippen LogP contribution in [-0.4, -0.2) is 5.88 Å². The number of aryl methyl sites for hydroxylation is 2. The quantitative estimate of drug-likeness (QED) is 0.710. The second kappa shape index (κ2) is 4.88. The second-order valence-corrected chi connectivity index (χ2v) is 4.11. The number of alkyl halides is 1. The van der Waals surface area contributed by atoms with Crippen molar-refractivity contribution >= 4 is 27.5 Å². The monoisotopic (exact) mass is 246 g/mol. The minimum absolute atomic E-state index is 0.742. The third-order valence-electron chi connectivity index (χ3n) is 1.84. The van der Waals surface area contributed by atoms with Gasteiger partial charge in [-0.2, -0.15) is 0 Å². The minimum atomic E-state index is 0.742. The topological polar surface area (TPSA) is 0 Å². The van der Waals surface area contributed by atoms with E-state index in [1.54, 1.807) is 0 Å². The van der Waals surface area contributed by atoms with Gasteiger partial charge in [0.15, 0.2) is 0 Å². The summed E-state index contributed by atoms with van der Waals surface area (Å²) in [5, 5.41) is 0. The first-order valence-electron chi connectivity index (χ1n) is 4.05. The van der Waals surface area contributed by atoms with Gasteiger partial charge in [0.1, 0.15) is 0 Å². The Balaban J connectivity index is 2.69. The molecule has 0 bridgehead atoms. The molecule has 0 unspecified atom stereocenters. The van der Waals surface area contributed by atoms with Crippen molar-refractivity contribution in [3.63, 3.8) is 0 Å². The van der Waals surface area contributed by atoms with Gasteiger partial charge in [-0.25, -0.2) is 0 Å². The summed E-state index contributed by atoms with van der Waals surface area (Å²) in [6.07, 6.45) is 2.12. The van der Waals surface area contributed by atoms with E-state index < -0.39 is 0 Å². The zero-order valence-corrected chi connectivity index (χ0v) is 9.45. The summed E-state index contributed by atoms with van der Waals surface area (Å²) in [6.45, 7) is 2.09. The van der Waals surface area contributed by atoms with Gasteiger partial charge >= 0.3 is 0 Å². The van der Waals surface area contributed by atoms with E-state index in [2.05, 4.69) is 41.1 Å². The van der Waals surface area contributed by atoms with E-state index in [9.17, 15) is 0 Å². The number of hydrogen-bond acceptors (Lipinski definition) is 0. The summed E-state index contributed by atoms with van der Waals surface area (Å²) in [7, 11) is 0. The molecule has 0 N–H and O–H groups in total. The maximum absolute atomic E-state index is 5.61. The third-order valence-corrected chi connectivity index (χ3v) is 2.96. The highest BCUT2D eigenvalue weighted by Crippen LogP contribution is 2.18. The molecule has 0 aliphatic rings. The second-order valence-electron chi connectivity index (χ2n) is 2.88. The minimum Gasteiger partial charge on any atom is -0.127 e. The smallest absolute Gasteiger partial charge is 0.0226 e. The fourth-order valence-electron chi connectivity index (χ4n) is 1.06. The first kappa shape index (κ1) is 10.1. The molecule has 0 nitrogen and oxygen atoms in total. The molecule has 0 fully saturated rings. The number of rotatable bonds is 3. The van der Waals surface area contributed by atoms with Crippen LogP contribution in [0.1, 0.15) is 17.5 Å². The van der Waals surface area contributed by atoms with Gasteiger partial charge in [-0.1, -0.05) is 28.1 Å². The molecule has 0 aromatic heterocycles. The van der Waals surface area contributed by atoms with E-state index >= 15 is 0 Å². The average Bonchev–Trinajstić information content (AvgIpc) is 2.07. The molecule has 1 aromatic carbocycles. The first-order valence-corrected chi connectivity index (χ1v) is 5.38. The molecule has 0 radical (unpaired) electrons.